The SMILES string of the molecule is O=C(CNC(=O)c1ccc(F)cc1)N/N=C/C=C/c1ccccc1. The second kappa shape index (κ2) is 8.99. The van der Waals surface area contributed by atoms with Crippen molar-refractivity contribution in [3.8, 4) is 0 Å². The zero-order valence-electron chi connectivity index (χ0n) is 12.8. The number of hydrogen-bond acceptors (Lipinski definition) is 3. The molecule has 2 aromatic carbocycles. The van der Waals surface area contributed by atoms with E-state index in [0.717, 1.165) is 5.56 Å². The van der Waals surface area contributed by atoms with E-state index in [-0.39, 0.29) is 12.1 Å². The van der Waals surface area contributed by atoms with Crippen LogP contribution in [0.5, 0.6) is 0 Å². The van der Waals surface area contributed by atoms with E-state index in [9.17, 15) is 14.0 Å². The highest BCUT2D eigenvalue weighted by Gasteiger charge is 2.07. The van der Waals surface area contributed by atoms with Crippen molar-refractivity contribution >= 4 is 24.1 Å². The molecular weight excluding hydrogens is 309 g/mol. The minimum absolute atomic E-state index is 0.226. The first-order valence-electron chi connectivity index (χ1n) is 7.22. The van der Waals surface area contributed by atoms with Crippen molar-refractivity contribution < 1.29 is 14.0 Å². The molecule has 2 rings (SSSR count). The molecule has 0 radical (unpaired) electrons. The summed E-state index contributed by atoms with van der Waals surface area (Å²) in [5.41, 5.74) is 3.58. The highest BCUT2D eigenvalue weighted by molar-refractivity contribution is 5.96. The van der Waals surface area contributed by atoms with Gasteiger partial charge in [-0.2, -0.15) is 5.10 Å². The molecule has 0 unspecified atom stereocenters. The number of carbonyl (C=O) groups is 2. The number of nitrogens with one attached hydrogen (secondary N) is 2. The van der Waals surface area contributed by atoms with E-state index in [2.05, 4.69) is 15.8 Å². The van der Waals surface area contributed by atoms with Crippen molar-refractivity contribution in [2.75, 3.05) is 6.54 Å². The second-order valence-corrected chi connectivity index (χ2v) is 4.77. The summed E-state index contributed by atoms with van der Waals surface area (Å²) in [5, 5.41) is 6.16. The maximum absolute atomic E-state index is 12.8. The van der Waals surface area contributed by atoms with Crippen molar-refractivity contribution in [2.45, 2.75) is 0 Å². The lowest BCUT2D eigenvalue weighted by Crippen LogP contribution is -2.34. The Balaban J connectivity index is 1.71. The van der Waals surface area contributed by atoms with E-state index in [0.29, 0.717) is 0 Å². The number of amides is 2. The zero-order chi connectivity index (χ0) is 17.2. The molecule has 0 aliphatic carbocycles. The van der Waals surface area contributed by atoms with Crippen molar-refractivity contribution in [1.82, 2.24) is 10.7 Å². The summed E-state index contributed by atoms with van der Waals surface area (Å²) in [6.45, 7) is -0.226. The van der Waals surface area contributed by atoms with Gasteiger partial charge < -0.3 is 5.32 Å². The molecule has 0 saturated carbocycles. The third kappa shape index (κ3) is 5.84. The van der Waals surface area contributed by atoms with E-state index < -0.39 is 17.6 Å². The van der Waals surface area contributed by atoms with Crippen molar-refractivity contribution in [2.24, 2.45) is 5.10 Å². The number of nitrogens with zero attached hydrogens (tertiary/aromatic N) is 1. The van der Waals surface area contributed by atoms with Crippen LogP contribution >= 0.6 is 0 Å². The Morgan fingerprint density at radius 3 is 2.46 bits per heavy atom. The lowest BCUT2D eigenvalue weighted by Gasteiger charge is -2.03. The first-order chi connectivity index (χ1) is 11.6. The summed E-state index contributed by atoms with van der Waals surface area (Å²) in [6, 6.07) is 14.7. The van der Waals surface area contributed by atoms with Crippen molar-refractivity contribution in [3.63, 3.8) is 0 Å². The first kappa shape index (κ1) is 17.1. The third-order valence-electron chi connectivity index (χ3n) is 2.95. The molecule has 6 heteroatoms. The number of hydrogen-bond donors (Lipinski definition) is 2. The van der Waals surface area contributed by atoms with Crippen LogP contribution in [0.25, 0.3) is 6.08 Å². The van der Waals surface area contributed by atoms with E-state index in [1.165, 1.54) is 30.5 Å². The molecule has 0 fully saturated rings. The number of hydrazone groups is 1. The summed E-state index contributed by atoms with van der Waals surface area (Å²) < 4.78 is 12.8. The fourth-order valence-electron chi connectivity index (χ4n) is 1.77. The number of halogens is 1. The van der Waals surface area contributed by atoms with Crippen LogP contribution in [0.3, 0.4) is 0 Å². The van der Waals surface area contributed by atoms with Crippen molar-refractivity contribution in [3.05, 3.63) is 77.6 Å². The van der Waals surface area contributed by atoms with Gasteiger partial charge in [0.15, 0.2) is 0 Å². The van der Waals surface area contributed by atoms with Gasteiger partial charge >= 0.3 is 0 Å². The van der Waals surface area contributed by atoms with Gasteiger partial charge in [-0.15, -0.1) is 0 Å². The third-order valence-corrected chi connectivity index (χ3v) is 2.95. The largest absolute Gasteiger partial charge is 0.343 e. The highest BCUT2D eigenvalue weighted by atomic mass is 19.1. The van der Waals surface area contributed by atoms with Crippen LogP contribution in [0, 0.1) is 5.82 Å². The average molecular weight is 325 g/mol. The summed E-state index contributed by atoms with van der Waals surface area (Å²) in [5.74, 6) is -1.35. The normalized spacial score (nSPS) is 10.9. The minimum atomic E-state index is -0.463. The Labute approximate surface area is 138 Å². The molecule has 0 aliphatic heterocycles. The topological polar surface area (TPSA) is 70.6 Å². The van der Waals surface area contributed by atoms with Crippen LogP contribution < -0.4 is 10.7 Å². The van der Waals surface area contributed by atoms with Gasteiger partial charge in [-0.3, -0.25) is 9.59 Å². The van der Waals surface area contributed by atoms with E-state index in [1.807, 2.05) is 36.4 Å². The van der Waals surface area contributed by atoms with Crippen LogP contribution in [0.2, 0.25) is 0 Å². The quantitative estimate of drug-likeness (QED) is 0.632. The molecular formula is C18H16FN3O2. The number of rotatable bonds is 6. The summed E-state index contributed by atoms with van der Waals surface area (Å²) >= 11 is 0. The maximum atomic E-state index is 12.8. The van der Waals surface area contributed by atoms with Crippen LogP contribution in [0.4, 0.5) is 4.39 Å². The maximum Gasteiger partial charge on any atom is 0.259 e. The highest BCUT2D eigenvalue weighted by Crippen LogP contribution is 2.02. The molecule has 24 heavy (non-hydrogen) atoms. The zero-order valence-corrected chi connectivity index (χ0v) is 12.8. The number of allylic oxidation sites excluding steroid dienone is 1. The summed E-state index contributed by atoms with van der Waals surface area (Å²) in [4.78, 5) is 23.3. The molecule has 5 nitrogen and oxygen atoms in total. The van der Waals surface area contributed by atoms with Gasteiger partial charge in [-0.05, 0) is 35.9 Å². The Hall–Kier alpha value is -3.28. The molecule has 2 amide bonds. The predicted molar refractivity (Wildman–Crippen MR) is 90.8 cm³/mol. The Morgan fingerprint density at radius 1 is 1.04 bits per heavy atom. The first-order valence-corrected chi connectivity index (χ1v) is 7.22. The number of benzene rings is 2. The molecule has 0 atom stereocenters. The minimum Gasteiger partial charge on any atom is -0.343 e. The standard InChI is InChI=1S/C18H16FN3O2/c19-16-10-8-15(9-11-16)18(24)20-13-17(23)22-21-12-4-7-14-5-2-1-3-6-14/h1-12H,13H2,(H,20,24)(H,22,23)/b7-4+,21-12+. The van der Waals surface area contributed by atoms with Gasteiger partial charge in [-0.25, -0.2) is 9.82 Å². The van der Waals surface area contributed by atoms with E-state index in [1.54, 1.807) is 6.08 Å². The van der Waals surface area contributed by atoms with Gasteiger partial charge in [0.1, 0.15) is 5.82 Å². The fraction of sp³-hybridized carbons (Fsp3) is 0.0556. The molecule has 0 bridgehead atoms. The molecule has 0 saturated heterocycles. The van der Waals surface area contributed by atoms with E-state index in [4.69, 9.17) is 0 Å². The Kier molecular flexibility index (Phi) is 6.40. The van der Waals surface area contributed by atoms with E-state index >= 15 is 0 Å². The predicted octanol–water partition coefficient (Wildman–Crippen LogP) is 2.37. The molecule has 0 heterocycles. The molecule has 122 valence electrons. The molecule has 2 aromatic rings. The number of carbonyl (C=O) groups excluding carboxylic acids is 2. The van der Waals surface area contributed by atoms with Crippen LogP contribution in [0.1, 0.15) is 15.9 Å². The van der Waals surface area contributed by atoms with Gasteiger partial charge in [0.2, 0.25) is 0 Å². The molecule has 0 aromatic heterocycles. The lowest BCUT2D eigenvalue weighted by molar-refractivity contribution is -0.120. The monoisotopic (exact) mass is 325 g/mol. The summed E-state index contributed by atoms with van der Waals surface area (Å²) in [6.07, 6.45) is 4.96. The van der Waals surface area contributed by atoms with Gasteiger partial charge in [0.05, 0.1) is 6.54 Å². The second-order valence-electron chi connectivity index (χ2n) is 4.77. The molecule has 0 aliphatic rings. The molecule has 0 spiro atoms. The Morgan fingerprint density at radius 2 is 1.75 bits per heavy atom. The average Bonchev–Trinajstić information content (AvgIpc) is 2.61. The van der Waals surface area contributed by atoms with Gasteiger partial charge in [-0.1, -0.05) is 36.4 Å². The smallest absolute Gasteiger partial charge is 0.259 e. The Bertz CT molecular complexity index is 741. The summed E-state index contributed by atoms with van der Waals surface area (Å²) in [7, 11) is 0. The van der Waals surface area contributed by atoms with Crippen LogP contribution in [0.15, 0.2) is 65.8 Å². The lowest BCUT2D eigenvalue weighted by atomic mass is 10.2. The van der Waals surface area contributed by atoms with Crippen LogP contribution in [-0.4, -0.2) is 24.6 Å². The fourth-order valence-corrected chi connectivity index (χ4v) is 1.77. The molecule has 2 N–H and O–H groups in total. The van der Waals surface area contributed by atoms with Gasteiger partial charge in [0, 0.05) is 11.8 Å². The van der Waals surface area contributed by atoms with Crippen molar-refractivity contribution in [1.29, 1.82) is 0 Å². The van der Waals surface area contributed by atoms with Gasteiger partial charge in [0.25, 0.3) is 11.8 Å². The van der Waals surface area contributed by atoms with Crippen LogP contribution in [-0.2, 0) is 4.79 Å².